The molecule has 0 radical (unpaired) electrons. The first kappa shape index (κ1) is 18.5. The van der Waals surface area contributed by atoms with Gasteiger partial charge in [0.15, 0.2) is 0 Å². The van der Waals surface area contributed by atoms with Gasteiger partial charge in [0.25, 0.3) is 5.91 Å². The van der Waals surface area contributed by atoms with Gasteiger partial charge in [-0.15, -0.1) is 0 Å². The van der Waals surface area contributed by atoms with Crippen molar-refractivity contribution in [2.45, 2.75) is 12.8 Å². The average molecular weight is 383 g/mol. The van der Waals surface area contributed by atoms with Gasteiger partial charge < -0.3 is 15.5 Å². The minimum Gasteiger partial charge on any atom is -0.372 e. The van der Waals surface area contributed by atoms with E-state index in [1.165, 1.54) is 18.5 Å². The van der Waals surface area contributed by atoms with Crippen molar-refractivity contribution < 1.29 is 4.79 Å². The minimum atomic E-state index is -0.289. The number of carbonyl (C=O) groups excluding carboxylic acids is 1. The summed E-state index contributed by atoms with van der Waals surface area (Å²) in [6.45, 7) is 2.22. The molecule has 4 rings (SSSR count). The molecule has 1 saturated heterocycles. The molecule has 1 aliphatic rings. The Balaban J connectivity index is 1.45. The van der Waals surface area contributed by atoms with Crippen LogP contribution >= 0.6 is 0 Å². The number of benzene rings is 2. The maximum atomic E-state index is 12.6. The van der Waals surface area contributed by atoms with Crippen LogP contribution in [0, 0.1) is 11.3 Å². The van der Waals surface area contributed by atoms with Gasteiger partial charge in [-0.1, -0.05) is 12.1 Å². The smallest absolute Gasteiger partial charge is 0.255 e. The third-order valence-electron chi connectivity index (χ3n) is 4.93. The van der Waals surface area contributed by atoms with Crippen LogP contribution < -0.4 is 15.5 Å². The van der Waals surface area contributed by atoms with Crippen molar-refractivity contribution >= 4 is 28.8 Å². The third kappa shape index (κ3) is 4.36. The zero-order valence-electron chi connectivity index (χ0n) is 15.9. The Morgan fingerprint density at radius 2 is 1.79 bits per heavy atom. The van der Waals surface area contributed by atoms with Crippen molar-refractivity contribution in [3.05, 3.63) is 78.0 Å². The summed E-state index contributed by atoms with van der Waals surface area (Å²) >= 11 is 0. The number of aromatic nitrogens is 1. The molecule has 1 aliphatic heterocycles. The summed E-state index contributed by atoms with van der Waals surface area (Å²) in [5.41, 5.74) is 3.51. The Kier molecular flexibility index (Phi) is 5.39. The maximum absolute atomic E-state index is 12.6. The largest absolute Gasteiger partial charge is 0.372 e. The number of nitrogens with one attached hydrogen (secondary N) is 2. The third-order valence-corrected chi connectivity index (χ3v) is 4.93. The van der Waals surface area contributed by atoms with Crippen molar-refractivity contribution in [1.29, 1.82) is 5.26 Å². The Hall–Kier alpha value is -3.85. The second kappa shape index (κ2) is 8.44. The first-order chi connectivity index (χ1) is 14.2. The molecule has 2 heterocycles. The van der Waals surface area contributed by atoms with Crippen molar-refractivity contribution in [2.75, 3.05) is 28.6 Å². The highest BCUT2D eigenvalue weighted by Gasteiger charge is 2.12. The van der Waals surface area contributed by atoms with Crippen molar-refractivity contribution in [3.8, 4) is 6.07 Å². The van der Waals surface area contributed by atoms with Crippen LogP contribution in [0.15, 0.2) is 66.9 Å². The van der Waals surface area contributed by atoms with Crippen LogP contribution in [-0.4, -0.2) is 24.0 Å². The molecule has 1 fully saturated rings. The lowest BCUT2D eigenvalue weighted by Crippen LogP contribution is -2.17. The molecule has 3 aromatic rings. The van der Waals surface area contributed by atoms with Gasteiger partial charge in [0, 0.05) is 36.2 Å². The molecule has 0 atom stereocenters. The zero-order chi connectivity index (χ0) is 20.1. The quantitative estimate of drug-likeness (QED) is 0.676. The van der Waals surface area contributed by atoms with Crippen molar-refractivity contribution in [2.24, 2.45) is 0 Å². The monoisotopic (exact) mass is 383 g/mol. The lowest BCUT2D eigenvalue weighted by molar-refractivity contribution is 0.102. The lowest BCUT2D eigenvalue weighted by Gasteiger charge is -2.18. The van der Waals surface area contributed by atoms with E-state index in [1.807, 2.05) is 12.1 Å². The van der Waals surface area contributed by atoms with Gasteiger partial charge in [-0.3, -0.25) is 4.79 Å². The highest BCUT2D eigenvalue weighted by atomic mass is 16.1. The lowest BCUT2D eigenvalue weighted by atomic mass is 10.1. The van der Waals surface area contributed by atoms with Crippen molar-refractivity contribution in [3.63, 3.8) is 0 Å². The Bertz CT molecular complexity index is 1050. The molecule has 6 nitrogen and oxygen atoms in total. The van der Waals surface area contributed by atoms with E-state index in [-0.39, 0.29) is 5.91 Å². The zero-order valence-corrected chi connectivity index (χ0v) is 15.9. The molecular weight excluding hydrogens is 362 g/mol. The number of pyridine rings is 1. The fourth-order valence-electron chi connectivity index (χ4n) is 3.40. The van der Waals surface area contributed by atoms with E-state index in [4.69, 9.17) is 0 Å². The standard InChI is InChI=1S/C23H21N5O/c24-16-18-5-1-2-6-21(18)27-23(29)17-11-12-25-22(15-17)26-19-7-9-20(10-8-19)28-13-3-4-14-28/h1-2,5-12,15H,3-4,13-14H2,(H,25,26)(H,27,29). The highest BCUT2D eigenvalue weighted by molar-refractivity contribution is 6.05. The second-order valence-corrected chi connectivity index (χ2v) is 6.91. The molecule has 29 heavy (non-hydrogen) atoms. The van der Waals surface area contributed by atoms with Crippen LogP contribution in [0.1, 0.15) is 28.8 Å². The highest BCUT2D eigenvalue weighted by Crippen LogP contribution is 2.24. The van der Waals surface area contributed by atoms with Gasteiger partial charge in [0.2, 0.25) is 0 Å². The first-order valence-corrected chi connectivity index (χ1v) is 9.61. The Morgan fingerprint density at radius 3 is 2.55 bits per heavy atom. The van der Waals surface area contributed by atoms with Gasteiger partial charge in [-0.2, -0.15) is 5.26 Å². The summed E-state index contributed by atoms with van der Waals surface area (Å²) in [4.78, 5) is 19.3. The molecule has 2 aromatic carbocycles. The van der Waals surface area contributed by atoms with Crippen LogP contribution in [0.2, 0.25) is 0 Å². The first-order valence-electron chi connectivity index (χ1n) is 9.61. The van der Waals surface area contributed by atoms with E-state index in [2.05, 4.69) is 38.7 Å². The van der Waals surface area contributed by atoms with E-state index in [0.29, 0.717) is 22.6 Å². The normalized spacial score (nSPS) is 13.0. The number of hydrogen-bond donors (Lipinski definition) is 2. The van der Waals surface area contributed by atoms with Crippen LogP contribution in [0.25, 0.3) is 0 Å². The number of carbonyl (C=O) groups is 1. The molecule has 2 N–H and O–H groups in total. The predicted octanol–water partition coefficient (Wildman–Crippen LogP) is 4.55. The van der Waals surface area contributed by atoms with E-state index in [9.17, 15) is 10.1 Å². The summed E-state index contributed by atoms with van der Waals surface area (Å²) in [5.74, 6) is 0.294. The number of para-hydroxylation sites is 1. The summed E-state index contributed by atoms with van der Waals surface area (Å²) in [6, 6.07) is 20.6. The van der Waals surface area contributed by atoms with Gasteiger partial charge in [0.05, 0.1) is 11.3 Å². The maximum Gasteiger partial charge on any atom is 0.255 e. The SMILES string of the molecule is N#Cc1ccccc1NC(=O)c1ccnc(Nc2ccc(N3CCCC3)cc2)c1. The topological polar surface area (TPSA) is 81.0 Å². The summed E-state index contributed by atoms with van der Waals surface area (Å²) in [5, 5.41) is 15.2. The minimum absolute atomic E-state index is 0.289. The fourth-order valence-corrected chi connectivity index (χ4v) is 3.40. The van der Waals surface area contributed by atoms with Gasteiger partial charge in [-0.25, -0.2) is 4.98 Å². The van der Waals surface area contributed by atoms with Crippen LogP contribution in [0.5, 0.6) is 0 Å². The van der Waals surface area contributed by atoms with Crippen LogP contribution in [-0.2, 0) is 0 Å². The molecule has 0 saturated carbocycles. The number of amides is 1. The van der Waals surface area contributed by atoms with Crippen LogP contribution in [0.4, 0.5) is 22.9 Å². The molecular formula is C23H21N5O. The number of rotatable bonds is 5. The van der Waals surface area contributed by atoms with E-state index in [0.717, 1.165) is 18.8 Å². The fraction of sp³-hybridized carbons (Fsp3) is 0.174. The Labute approximate surface area is 169 Å². The van der Waals surface area contributed by atoms with Crippen LogP contribution in [0.3, 0.4) is 0 Å². The van der Waals surface area contributed by atoms with E-state index >= 15 is 0 Å². The Morgan fingerprint density at radius 1 is 1.03 bits per heavy atom. The van der Waals surface area contributed by atoms with E-state index in [1.54, 1.807) is 42.6 Å². The second-order valence-electron chi connectivity index (χ2n) is 6.91. The predicted molar refractivity (Wildman–Crippen MR) is 115 cm³/mol. The molecule has 0 bridgehead atoms. The molecule has 0 aliphatic carbocycles. The molecule has 0 spiro atoms. The summed E-state index contributed by atoms with van der Waals surface area (Å²) in [6.07, 6.45) is 4.08. The van der Waals surface area contributed by atoms with E-state index < -0.39 is 0 Å². The summed E-state index contributed by atoms with van der Waals surface area (Å²) in [7, 11) is 0. The number of anilines is 4. The summed E-state index contributed by atoms with van der Waals surface area (Å²) < 4.78 is 0. The number of nitrogens with zero attached hydrogens (tertiary/aromatic N) is 3. The molecule has 1 aromatic heterocycles. The average Bonchev–Trinajstić information content (AvgIpc) is 3.30. The number of hydrogen-bond acceptors (Lipinski definition) is 5. The molecule has 144 valence electrons. The molecule has 6 heteroatoms. The molecule has 0 unspecified atom stereocenters. The van der Waals surface area contributed by atoms with Gasteiger partial charge in [-0.05, 0) is 61.4 Å². The molecule has 1 amide bonds. The van der Waals surface area contributed by atoms with Gasteiger partial charge in [0.1, 0.15) is 11.9 Å². The van der Waals surface area contributed by atoms with Gasteiger partial charge >= 0.3 is 0 Å². The number of nitriles is 1. The van der Waals surface area contributed by atoms with Crippen molar-refractivity contribution in [1.82, 2.24) is 4.98 Å².